The first-order chi connectivity index (χ1) is 8.67. The van der Waals surface area contributed by atoms with Crippen LogP contribution >= 0.6 is 15.9 Å². The molecule has 0 unspecified atom stereocenters. The minimum Gasteiger partial charge on any atom is -0.444 e. The molecule has 0 saturated carbocycles. The quantitative estimate of drug-likeness (QED) is 0.863. The van der Waals surface area contributed by atoms with Gasteiger partial charge in [-0.3, -0.25) is 4.90 Å². The fourth-order valence-electron chi connectivity index (χ4n) is 2.29. The molecule has 1 saturated heterocycles. The van der Waals surface area contributed by atoms with E-state index in [2.05, 4.69) is 39.6 Å². The van der Waals surface area contributed by atoms with Crippen molar-refractivity contribution in [1.82, 2.24) is 10.2 Å². The maximum absolute atomic E-state index is 11.8. The van der Waals surface area contributed by atoms with E-state index in [1.807, 2.05) is 20.8 Å². The van der Waals surface area contributed by atoms with Gasteiger partial charge >= 0.3 is 6.09 Å². The van der Waals surface area contributed by atoms with Gasteiger partial charge in [-0.05, 0) is 33.1 Å². The van der Waals surface area contributed by atoms with Crippen LogP contribution in [0.1, 0.15) is 34.1 Å². The second-order valence-electron chi connectivity index (χ2n) is 6.27. The van der Waals surface area contributed by atoms with Crippen LogP contribution in [-0.2, 0) is 4.74 Å². The Morgan fingerprint density at radius 3 is 2.63 bits per heavy atom. The van der Waals surface area contributed by atoms with Crippen LogP contribution in [0.15, 0.2) is 11.1 Å². The zero-order valence-electron chi connectivity index (χ0n) is 12.3. The van der Waals surface area contributed by atoms with E-state index in [0.717, 1.165) is 30.5 Å². The fraction of sp³-hybridized carbons (Fsp3) is 0.786. The number of amides is 1. The predicted octanol–water partition coefficient (Wildman–Crippen LogP) is 3.13. The standard InChI is InChI=1S/C14H25BrN2O2/c1-10-8-17(9-11(2)15)7-6-12(10)16-13(18)19-14(3,4)5/h10,12H,2,6-9H2,1,3-5H3,(H,16,18)/t10-,12-/m0/s1. The maximum Gasteiger partial charge on any atom is 0.407 e. The number of hydrogen-bond donors (Lipinski definition) is 1. The van der Waals surface area contributed by atoms with Crippen molar-refractivity contribution in [3.05, 3.63) is 11.1 Å². The van der Waals surface area contributed by atoms with E-state index in [4.69, 9.17) is 4.74 Å². The van der Waals surface area contributed by atoms with Gasteiger partial charge in [-0.2, -0.15) is 0 Å². The average Bonchev–Trinajstić information content (AvgIpc) is 2.18. The van der Waals surface area contributed by atoms with Gasteiger partial charge in [-0.1, -0.05) is 29.4 Å². The van der Waals surface area contributed by atoms with Gasteiger partial charge in [0.2, 0.25) is 0 Å². The van der Waals surface area contributed by atoms with Crippen LogP contribution in [-0.4, -0.2) is 42.3 Å². The van der Waals surface area contributed by atoms with Crippen molar-refractivity contribution in [2.24, 2.45) is 5.92 Å². The molecule has 1 amide bonds. The number of halogens is 1. The molecule has 4 nitrogen and oxygen atoms in total. The Bertz CT molecular complexity index is 339. The molecule has 2 atom stereocenters. The lowest BCUT2D eigenvalue weighted by molar-refractivity contribution is 0.0448. The van der Waals surface area contributed by atoms with Gasteiger partial charge < -0.3 is 10.1 Å². The second kappa shape index (κ2) is 6.75. The molecule has 0 aromatic heterocycles. The van der Waals surface area contributed by atoms with Crippen molar-refractivity contribution >= 4 is 22.0 Å². The SMILES string of the molecule is C=C(Br)CN1CC[C@H](NC(=O)OC(C)(C)C)[C@@H](C)C1. The van der Waals surface area contributed by atoms with Crippen LogP contribution in [0.5, 0.6) is 0 Å². The summed E-state index contributed by atoms with van der Waals surface area (Å²) in [6, 6.07) is 0.190. The third kappa shape index (κ3) is 6.43. The Labute approximate surface area is 124 Å². The Balaban J connectivity index is 2.41. The highest BCUT2D eigenvalue weighted by Gasteiger charge is 2.28. The number of carbonyl (C=O) groups is 1. The summed E-state index contributed by atoms with van der Waals surface area (Å²) in [7, 11) is 0. The summed E-state index contributed by atoms with van der Waals surface area (Å²) in [5, 5.41) is 2.98. The molecule has 1 N–H and O–H groups in total. The van der Waals surface area contributed by atoms with Gasteiger partial charge in [0, 0.05) is 30.2 Å². The number of rotatable bonds is 3. The lowest BCUT2D eigenvalue weighted by atomic mass is 9.94. The smallest absolute Gasteiger partial charge is 0.407 e. The molecule has 0 aromatic rings. The average molecular weight is 333 g/mol. The lowest BCUT2D eigenvalue weighted by Gasteiger charge is -2.37. The van der Waals surface area contributed by atoms with E-state index in [-0.39, 0.29) is 12.1 Å². The van der Waals surface area contributed by atoms with E-state index >= 15 is 0 Å². The van der Waals surface area contributed by atoms with Crippen LogP contribution in [0.25, 0.3) is 0 Å². The summed E-state index contributed by atoms with van der Waals surface area (Å²) in [5.74, 6) is 0.410. The van der Waals surface area contributed by atoms with Gasteiger partial charge in [0.1, 0.15) is 5.60 Å². The molecule has 0 bridgehead atoms. The molecule has 0 spiro atoms. The number of hydrogen-bond acceptors (Lipinski definition) is 3. The van der Waals surface area contributed by atoms with Crippen LogP contribution in [0.2, 0.25) is 0 Å². The molecule has 1 rings (SSSR count). The number of nitrogens with one attached hydrogen (secondary N) is 1. The van der Waals surface area contributed by atoms with Gasteiger partial charge in [0.05, 0.1) is 0 Å². The van der Waals surface area contributed by atoms with E-state index in [1.165, 1.54) is 0 Å². The van der Waals surface area contributed by atoms with Gasteiger partial charge in [-0.25, -0.2) is 4.79 Å². The normalized spacial score (nSPS) is 24.9. The number of nitrogens with zero attached hydrogens (tertiary/aromatic N) is 1. The molecular formula is C14H25BrN2O2. The van der Waals surface area contributed by atoms with Gasteiger partial charge in [0.15, 0.2) is 0 Å². The Kier molecular flexibility index (Phi) is 5.86. The lowest BCUT2D eigenvalue weighted by Crippen LogP contribution is -2.51. The number of likely N-dealkylation sites (tertiary alicyclic amines) is 1. The first-order valence-electron chi connectivity index (χ1n) is 6.72. The zero-order valence-corrected chi connectivity index (χ0v) is 13.9. The summed E-state index contributed by atoms with van der Waals surface area (Å²) in [5.41, 5.74) is -0.443. The van der Waals surface area contributed by atoms with Crippen LogP contribution in [0.4, 0.5) is 4.79 Å². The number of carbonyl (C=O) groups excluding carboxylic acids is 1. The minimum absolute atomic E-state index is 0.190. The first-order valence-corrected chi connectivity index (χ1v) is 7.52. The summed E-state index contributed by atoms with van der Waals surface area (Å²) < 4.78 is 6.29. The second-order valence-corrected chi connectivity index (χ2v) is 7.39. The summed E-state index contributed by atoms with van der Waals surface area (Å²) in [6.07, 6.45) is 0.628. The van der Waals surface area contributed by atoms with Crippen LogP contribution in [0.3, 0.4) is 0 Å². The van der Waals surface area contributed by atoms with Crippen LogP contribution < -0.4 is 5.32 Å². The summed E-state index contributed by atoms with van der Waals surface area (Å²) >= 11 is 3.39. The molecule has 1 heterocycles. The highest BCUT2D eigenvalue weighted by molar-refractivity contribution is 9.11. The van der Waals surface area contributed by atoms with Crippen molar-refractivity contribution in [2.75, 3.05) is 19.6 Å². The summed E-state index contributed by atoms with van der Waals surface area (Å²) in [6.45, 7) is 14.4. The van der Waals surface area contributed by atoms with E-state index in [9.17, 15) is 4.79 Å². The number of ether oxygens (including phenoxy) is 1. The van der Waals surface area contributed by atoms with Crippen molar-refractivity contribution in [3.8, 4) is 0 Å². The topological polar surface area (TPSA) is 41.6 Å². The van der Waals surface area contributed by atoms with E-state index in [1.54, 1.807) is 0 Å². The molecule has 1 aliphatic rings. The van der Waals surface area contributed by atoms with Crippen LogP contribution in [0, 0.1) is 5.92 Å². The molecule has 1 fully saturated rings. The number of alkyl carbamates (subject to hydrolysis) is 1. The summed E-state index contributed by atoms with van der Waals surface area (Å²) in [4.78, 5) is 14.1. The molecule has 0 aliphatic carbocycles. The maximum atomic E-state index is 11.8. The molecule has 19 heavy (non-hydrogen) atoms. The van der Waals surface area contributed by atoms with E-state index in [0.29, 0.717) is 5.92 Å². The van der Waals surface area contributed by atoms with Gasteiger partial charge in [0.25, 0.3) is 0 Å². The Morgan fingerprint density at radius 2 is 2.16 bits per heavy atom. The van der Waals surface area contributed by atoms with Crippen molar-refractivity contribution in [2.45, 2.75) is 45.8 Å². The Morgan fingerprint density at radius 1 is 1.53 bits per heavy atom. The molecule has 5 heteroatoms. The largest absolute Gasteiger partial charge is 0.444 e. The minimum atomic E-state index is -0.443. The zero-order chi connectivity index (χ0) is 14.6. The van der Waals surface area contributed by atoms with Crippen molar-refractivity contribution in [3.63, 3.8) is 0 Å². The third-order valence-corrected chi connectivity index (χ3v) is 3.34. The monoisotopic (exact) mass is 332 g/mol. The molecule has 1 aliphatic heterocycles. The van der Waals surface area contributed by atoms with Crippen molar-refractivity contribution in [1.29, 1.82) is 0 Å². The highest BCUT2D eigenvalue weighted by Crippen LogP contribution is 2.19. The van der Waals surface area contributed by atoms with Gasteiger partial charge in [-0.15, -0.1) is 0 Å². The molecule has 0 radical (unpaired) electrons. The number of piperidine rings is 1. The highest BCUT2D eigenvalue weighted by atomic mass is 79.9. The predicted molar refractivity (Wildman–Crippen MR) is 81.4 cm³/mol. The van der Waals surface area contributed by atoms with Crippen molar-refractivity contribution < 1.29 is 9.53 Å². The third-order valence-electron chi connectivity index (χ3n) is 3.09. The Hall–Kier alpha value is -0.550. The molecule has 0 aromatic carbocycles. The first kappa shape index (κ1) is 16.5. The van der Waals surface area contributed by atoms with E-state index < -0.39 is 5.60 Å². The molecule has 110 valence electrons. The molecular weight excluding hydrogens is 308 g/mol. The fourth-order valence-corrected chi connectivity index (χ4v) is 2.65.